The number of nitrogens with zero attached hydrogens (tertiary/aromatic N) is 2. The van der Waals surface area contributed by atoms with Gasteiger partial charge in [0.15, 0.2) is 0 Å². The standard InChI is InChI=1S/C15H19N3O2/c16-9-13-7-4-8-18(13)15(20)11-17-10-14(19)12-5-2-1-3-6-12/h1-3,5-6,13-14,17,19H,4,7-8,10-11H2/t13-,14?/m0/s1. The van der Waals surface area contributed by atoms with Crippen LogP contribution in [0.1, 0.15) is 24.5 Å². The van der Waals surface area contributed by atoms with E-state index < -0.39 is 6.10 Å². The van der Waals surface area contributed by atoms with Gasteiger partial charge >= 0.3 is 0 Å². The summed E-state index contributed by atoms with van der Waals surface area (Å²) < 4.78 is 0. The van der Waals surface area contributed by atoms with Crippen LogP contribution in [-0.2, 0) is 4.79 Å². The van der Waals surface area contributed by atoms with E-state index in [1.807, 2.05) is 30.3 Å². The summed E-state index contributed by atoms with van der Waals surface area (Å²) in [6, 6.07) is 11.2. The van der Waals surface area contributed by atoms with Gasteiger partial charge < -0.3 is 15.3 Å². The fourth-order valence-electron chi connectivity index (χ4n) is 2.41. The molecule has 20 heavy (non-hydrogen) atoms. The van der Waals surface area contributed by atoms with E-state index in [1.54, 1.807) is 4.90 Å². The summed E-state index contributed by atoms with van der Waals surface area (Å²) in [6.45, 7) is 1.13. The number of aliphatic hydroxyl groups is 1. The lowest BCUT2D eigenvalue weighted by Crippen LogP contribution is -2.41. The van der Waals surface area contributed by atoms with E-state index in [0.717, 1.165) is 18.4 Å². The third-order valence-electron chi connectivity index (χ3n) is 3.52. The van der Waals surface area contributed by atoms with Crippen LogP contribution >= 0.6 is 0 Å². The van der Waals surface area contributed by atoms with Gasteiger partial charge in [-0.1, -0.05) is 30.3 Å². The molecule has 2 N–H and O–H groups in total. The van der Waals surface area contributed by atoms with E-state index in [4.69, 9.17) is 5.26 Å². The zero-order valence-corrected chi connectivity index (χ0v) is 11.3. The highest BCUT2D eigenvalue weighted by Gasteiger charge is 2.27. The first-order valence-electron chi connectivity index (χ1n) is 6.85. The van der Waals surface area contributed by atoms with Crippen molar-refractivity contribution in [3.05, 3.63) is 35.9 Å². The molecule has 2 rings (SSSR count). The highest BCUT2D eigenvalue weighted by Crippen LogP contribution is 2.16. The first kappa shape index (κ1) is 14.5. The van der Waals surface area contributed by atoms with Crippen LogP contribution in [0.2, 0.25) is 0 Å². The number of nitrogens with one attached hydrogen (secondary N) is 1. The molecule has 1 aromatic carbocycles. The Labute approximate surface area is 118 Å². The normalized spacial score (nSPS) is 19.6. The maximum Gasteiger partial charge on any atom is 0.237 e. The number of benzene rings is 1. The van der Waals surface area contributed by atoms with Gasteiger partial charge in [0.25, 0.3) is 0 Å². The molecule has 1 unspecified atom stereocenters. The van der Waals surface area contributed by atoms with Crippen molar-refractivity contribution in [3.8, 4) is 6.07 Å². The molecule has 1 amide bonds. The average Bonchev–Trinajstić information content (AvgIpc) is 2.96. The second-order valence-electron chi connectivity index (χ2n) is 4.93. The number of amides is 1. The Morgan fingerprint density at radius 3 is 2.95 bits per heavy atom. The zero-order valence-electron chi connectivity index (χ0n) is 11.3. The van der Waals surface area contributed by atoms with Crippen LogP contribution in [0, 0.1) is 11.3 Å². The number of nitriles is 1. The van der Waals surface area contributed by atoms with E-state index in [0.29, 0.717) is 13.1 Å². The molecule has 0 aromatic heterocycles. The lowest BCUT2D eigenvalue weighted by molar-refractivity contribution is -0.130. The Bertz CT molecular complexity index is 484. The SMILES string of the molecule is N#C[C@@H]1CCCN1C(=O)CNCC(O)c1ccccc1. The van der Waals surface area contributed by atoms with Crippen LogP contribution in [0.25, 0.3) is 0 Å². The first-order valence-corrected chi connectivity index (χ1v) is 6.85. The number of aliphatic hydroxyl groups excluding tert-OH is 1. The molecule has 0 aliphatic carbocycles. The Kier molecular flexibility index (Phi) is 5.10. The van der Waals surface area contributed by atoms with Gasteiger partial charge in [-0.3, -0.25) is 4.79 Å². The van der Waals surface area contributed by atoms with Gasteiger partial charge in [0.1, 0.15) is 6.04 Å². The largest absolute Gasteiger partial charge is 0.387 e. The Morgan fingerprint density at radius 2 is 2.25 bits per heavy atom. The van der Waals surface area contributed by atoms with Gasteiger partial charge in [-0.05, 0) is 18.4 Å². The van der Waals surface area contributed by atoms with Gasteiger partial charge in [-0.25, -0.2) is 0 Å². The van der Waals surface area contributed by atoms with Crippen molar-refractivity contribution in [2.75, 3.05) is 19.6 Å². The monoisotopic (exact) mass is 273 g/mol. The smallest absolute Gasteiger partial charge is 0.237 e. The summed E-state index contributed by atoms with van der Waals surface area (Å²) in [5.41, 5.74) is 0.823. The second-order valence-corrected chi connectivity index (χ2v) is 4.93. The second kappa shape index (κ2) is 7.04. The molecule has 1 aromatic rings. The summed E-state index contributed by atoms with van der Waals surface area (Å²) >= 11 is 0. The van der Waals surface area contributed by atoms with Crippen LogP contribution in [0.3, 0.4) is 0 Å². The van der Waals surface area contributed by atoms with Gasteiger partial charge in [-0.2, -0.15) is 5.26 Å². The van der Waals surface area contributed by atoms with Crippen LogP contribution < -0.4 is 5.32 Å². The molecule has 1 saturated heterocycles. The minimum absolute atomic E-state index is 0.0747. The topological polar surface area (TPSA) is 76.4 Å². The molecule has 5 heteroatoms. The molecular weight excluding hydrogens is 254 g/mol. The predicted molar refractivity (Wildman–Crippen MR) is 74.6 cm³/mol. The molecule has 1 heterocycles. The van der Waals surface area contributed by atoms with E-state index in [2.05, 4.69) is 11.4 Å². The lowest BCUT2D eigenvalue weighted by Gasteiger charge is -2.20. The first-order chi connectivity index (χ1) is 9.72. The van der Waals surface area contributed by atoms with Crippen molar-refractivity contribution in [1.82, 2.24) is 10.2 Å². The summed E-state index contributed by atoms with van der Waals surface area (Å²) in [5.74, 6) is -0.0747. The fraction of sp³-hybridized carbons (Fsp3) is 0.467. The minimum atomic E-state index is -0.630. The highest BCUT2D eigenvalue weighted by molar-refractivity contribution is 5.79. The van der Waals surface area contributed by atoms with E-state index in [1.165, 1.54) is 0 Å². The van der Waals surface area contributed by atoms with Crippen molar-refractivity contribution >= 4 is 5.91 Å². The van der Waals surface area contributed by atoms with Gasteiger partial charge in [0.05, 0.1) is 18.7 Å². The molecule has 2 atom stereocenters. The van der Waals surface area contributed by atoms with Crippen molar-refractivity contribution in [2.24, 2.45) is 0 Å². The summed E-state index contributed by atoms with van der Waals surface area (Å²) in [7, 11) is 0. The minimum Gasteiger partial charge on any atom is -0.387 e. The summed E-state index contributed by atoms with van der Waals surface area (Å²) in [6.07, 6.45) is 1.01. The van der Waals surface area contributed by atoms with Crippen LogP contribution in [0.4, 0.5) is 0 Å². The fourth-order valence-corrected chi connectivity index (χ4v) is 2.41. The molecule has 1 aliphatic rings. The maximum atomic E-state index is 12.0. The number of carbonyl (C=O) groups is 1. The van der Waals surface area contributed by atoms with Gasteiger partial charge in [-0.15, -0.1) is 0 Å². The number of likely N-dealkylation sites (tertiary alicyclic amines) is 1. The van der Waals surface area contributed by atoms with Crippen molar-refractivity contribution in [3.63, 3.8) is 0 Å². The molecule has 1 aliphatic heterocycles. The van der Waals surface area contributed by atoms with E-state index in [9.17, 15) is 9.90 Å². The quantitative estimate of drug-likeness (QED) is 0.833. The molecule has 0 saturated carbocycles. The van der Waals surface area contributed by atoms with E-state index >= 15 is 0 Å². The highest BCUT2D eigenvalue weighted by atomic mass is 16.3. The van der Waals surface area contributed by atoms with Crippen molar-refractivity contribution in [2.45, 2.75) is 25.0 Å². The summed E-state index contributed by atoms with van der Waals surface area (Å²) in [5, 5.41) is 21.9. The number of carbonyl (C=O) groups excluding carboxylic acids is 1. The third kappa shape index (κ3) is 3.56. The maximum absolute atomic E-state index is 12.0. The third-order valence-corrected chi connectivity index (χ3v) is 3.52. The average molecular weight is 273 g/mol. The molecule has 106 valence electrons. The Balaban J connectivity index is 1.76. The molecule has 1 fully saturated rings. The number of hydrogen-bond acceptors (Lipinski definition) is 4. The number of rotatable bonds is 5. The van der Waals surface area contributed by atoms with E-state index in [-0.39, 0.29) is 18.5 Å². The molecule has 5 nitrogen and oxygen atoms in total. The van der Waals surface area contributed by atoms with Gasteiger partial charge in [0, 0.05) is 13.1 Å². The van der Waals surface area contributed by atoms with Crippen molar-refractivity contribution in [1.29, 1.82) is 5.26 Å². The van der Waals surface area contributed by atoms with Gasteiger partial charge in [0.2, 0.25) is 5.91 Å². The number of hydrogen-bond donors (Lipinski definition) is 2. The van der Waals surface area contributed by atoms with Crippen LogP contribution in [-0.4, -0.2) is 41.6 Å². The molecule has 0 spiro atoms. The molecular formula is C15H19N3O2. The summed E-state index contributed by atoms with van der Waals surface area (Å²) in [4.78, 5) is 13.6. The zero-order chi connectivity index (χ0) is 14.4. The Morgan fingerprint density at radius 1 is 1.50 bits per heavy atom. The molecule has 0 radical (unpaired) electrons. The van der Waals surface area contributed by atoms with Crippen LogP contribution in [0.15, 0.2) is 30.3 Å². The lowest BCUT2D eigenvalue weighted by atomic mass is 10.1. The molecule has 0 bridgehead atoms. The predicted octanol–water partition coefficient (Wildman–Crippen LogP) is 0.824. The van der Waals surface area contributed by atoms with Crippen LogP contribution in [0.5, 0.6) is 0 Å². The van der Waals surface area contributed by atoms with Crippen molar-refractivity contribution < 1.29 is 9.90 Å². The Hall–Kier alpha value is -1.90.